The molecule has 0 bridgehead atoms. The average Bonchev–Trinajstić information content (AvgIpc) is 2.15. The molecule has 1 aromatic carbocycles. The normalized spacial score (nSPS) is 10.3. The van der Waals surface area contributed by atoms with Crippen molar-refractivity contribution in [2.45, 2.75) is 46.5 Å². The van der Waals surface area contributed by atoms with Crippen LogP contribution in [-0.4, -0.2) is 0 Å². The van der Waals surface area contributed by atoms with Crippen LogP contribution in [-0.2, 0) is 6.42 Å². The maximum Gasteiger partial charge on any atom is -0.0274 e. The molecule has 81 valence electrons. The molecule has 0 aliphatic carbocycles. The molecule has 0 saturated heterocycles. The van der Waals surface area contributed by atoms with Gasteiger partial charge in [-0.3, -0.25) is 0 Å². The van der Waals surface area contributed by atoms with Gasteiger partial charge in [-0.15, -0.1) is 0 Å². The topological polar surface area (TPSA) is 0 Å². The molecule has 0 unspecified atom stereocenters. The Kier molecular flexibility index (Phi) is 4.61. The Labute approximate surface area is 94.0 Å². The van der Waals surface area contributed by atoms with Crippen LogP contribution in [0.4, 0.5) is 0 Å². The summed E-state index contributed by atoms with van der Waals surface area (Å²) < 4.78 is 0. The molecule has 0 heteroatoms. The predicted molar refractivity (Wildman–Crippen MR) is 67.1 cm³/mol. The van der Waals surface area contributed by atoms with E-state index in [1.165, 1.54) is 41.5 Å². The first-order chi connectivity index (χ1) is 7.15. The molecule has 0 aromatic heterocycles. The molecule has 1 radical (unpaired) electrons. The van der Waals surface area contributed by atoms with Crippen LogP contribution >= 0.6 is 0 Å². The highest BCUT2D eigenvalue weighted by Crippen LogP contribution is 2.18. The van der Waals surface area contributed by atoms with E-state index in [9.17, 15) is 0 Å². The summed E-state index contributed by atoms with van der Waals surface area (Å²) in [7, 11) is 0. The number of hydrogen-bond donors (Lipinski definition) is 0. The Bertz CT molecular complexity index is 311. The minimum absolute atomic E-state index is 1.03. The second kappa shape index (κ2) is 5.75. The van der Waals surface area contributed by atoms with Gasteiger partial charge in [-0.25, -0.2) is 0 Å². The number of allylic oxidation sites excluding steroid dienone is 1. The summed E-state index contributed by atoms with van der Waals surface area (Å²) in [6.45, 7) is 11.9. The zero-order valence-electron chi connectivity index (χ0n) is 10.1. The molecular formula is C15H21. The van der Waals surface area contributed by atoms with Crippen LogP contribution < -0.4 is 0 Å². The van der Waals surface area contributed by atoms with Gasteiger partial charge in [0.1, 0.15) is 0 Å². The summed E-state index contributed by atoms with van der Waals surface area (Å²) in [6.07, 6.45) is 6.41. The standard InChI is InChI=1S/C15H21/c1-5-6-7-8-9-15-13(3)10-12(2)11-14(15)4/h1,5,10-11H,6-9H2,2-4H3. The van der Waals surface area contributed by atoms with Crippen LogP contribution in [0, 0.1) is 27.4 Å². The first-order valence-electron chi connectivity index (χ1n) is 5.75. The van der Waals surface area contributed by atoms with Gasteiger partial charge in [0.15, 0.2) is 0 Å². The van der Waals surface area contributed by atoms with E-state index in [0.29, 0.717) is 0 Å². The van der Waals surface area contributed by atoms with Gasteiger partial charge in [0.05, 0.1) is 0 Å². The lowest BCUT2D eigenvalue weighted by atomic mass is 9.95. The molecule has 0 N–H and O–H groups in total. The number of aryl methyl sites for hydroxylation is 3. The summed E-state index contributed by atoms with van der Waals surface area (Å²) in [4.78, 5) is 0. The Morgan fingerprint density at radius 2 is 1.67 bits per heavy atom. The van der Waals surface area contributed by atoms with Crippen molar-refractivity contribution in [1.29, 1.82) is 0 Å². The van der Waals surface area contributed by atoms with E-state index < -0.39 is 0 Å². The van der Waals surface area contributed by atoms with E-state index in [1.807, 2.05) is 0 Å². The quantitative estimate of drug-likeness (QED) is 0.623. The predicted octanol–water partition coefficient (Wildman–Crippen LogP) is 4.31. The zero-order chi connectivity index (χ0) is 11.3. The van der Waals surface area contributed by atoms with E-state index in [-0.39, 0.29) is 0 Å². The fourth-order valence-electron chi connectivity index (χ4n) is 2.17. The molecule has 0 heterocycles. The third kappa shape index (κ3) is 3.54. The third-order valence-corrected chi connectivity index (χ3v) is 2.89. The second-order valence-electron chi connectivity index (χ2n) is 4.36. The van der Waals surface area contributed by atoms with Crippen molar-refractivity contribution < 1.29 is 0 Å². The maximum atomic E-state index is 5.36. The van der Waals surface area contributed by atoms with Gasteiger partial charge < -0.3 is 0 Å². The fraction of sp³-hybridized carbons (Fsp3) is 0.467. The number of hydrogen-bond acceptors (Lipinski definition) is 0. The van der Waals surface area contributed by atoms with Crippen molar-refractivity contribution >= 4 is 0 Å². The molecule has 0 nitrogen and oxygen atoms in total. The van der Waals surface area contributed by atoms with Gasteiger partial charge in [-0.2, -0.15) is 0 Å². The van der Waals surface area contributed by atoms with Crippen LogP contribution in [0.2, 0.25) is 0 Å². The lowest BCUT2D eigenvalue weighted by molar-refractivity contribution is 0.742. The Hall–Kier alpha value is -1.04. The molecule has 0 amide bonds. The summed E-state index contributed by atoms with van der Waals surface area (Å²) >= 11 is 0. The SMILES string of the molecule is [CH]=CCCCCc1c(C)cc(C)cc1C. The van der Waals surface area contributed by atoms with Crippen molar-refractivity contribution in [3.63, 3.8) is 0 Å². The zero-order valence-corrected chi connectivity index (χ0v) is 10.1. The van der Waals surface area contributed by atoms with Crippen LogP contribution in [0.25, 0.3) is 0 Å². The van der Waals surface area contributed by atoms with Crippen LogP contribution in [0.3, 0.4) is 0 Å². The number of rotatable bonds is 5. The van der Waals surface area contributed by atoms with Crippen molar-refractivity contribution in [1.82, 2.24) is 0 Å². The lowest BCUT2D eigenvalue weighted by Crippen LogP contribution is -1.95. The van der Waals surface area contributed by atoms with Crippen molar-refractivity contribution in [3.05, 3.63) is 47.0 Å². The van der Waals surface area contributed by atoms with Gasteiger partial charge in [-0.05, 0) is 63.1 Å². The first-order valence-corrected chi connectivity index (χ1v) is 5.75. The highest BCUT2D eigenvalue weighted by Gasteiger charge is 2.02. The molecule has 0 aliphatic rings. The van der Waals surface area contributed by atoms with Gasteiger partial charge in [-0.1, -0.05) is 30.4 Å². The summed E-state index contributed by atoms with van der Waals surface area (Å²) in [6, 6.07) is 4.55. The monoisotopic (exact) mass is 201 g/mol. The lowest BCUT2D eigenvalue weighted by Gasteiger charge is -2.10. The van der Waals surface area contributed by atoms with Crippen molar-refractivity contribution in [3.8, 4) is 0 Å². The van der Waals surface area contributed by atoms with Crippen LogP contribution in [0.5, 0.6) is 0 Å². The van der Waals surface area contributed by atoms with Gasteiger partial charge in [0.2, 0.25) is 0 Å². The first kappa shape index (κ1) is 12.0. The van der Waals surface area contributed by atoms with Gasteiger partial charge in [0.25, 0.3) is 0 Å². The minimum atomic E-state index is 1.03. The summed E-state index contributed by atoms with van der Waals surface area (Å²) in [5.74, 6) is 0. The van der Waals surface area contributed by atoms with Gasteiger partial charge >= 0.3 is 0 Å². The van der Waals surface area contributed by atoms with Gasteiger partial charge in [0, 0.05) is 0 Å². The van der Waals surface area contributed by atoms with E-state index in [1.54, 1.807) is 6.08 Å². The molecule has 0 spiro atoms. The van der Waals surface area contributed by atoms with E-state index in [4.69, 9.17) is 6.58 Å². The number of unbranched alkanes of at least 4 members (excludes halogenated alkanes) is 2. The molecular weight excluding hydrogens is 180 g/mol. The van der Waals surface area contributed by atoms with E-state index in [2.05, 4.69) is 32.9 Å². The van der Waals surface area contributed by atoms with E-state index >= 15 is 0 Å². The highest BCUT2D eigenvalue weighted by atomic mass is 14.1. The molecule has 0 saturated carbocycles. The molecule has 0 atom stereocenters. The van der Waals surface area contributed by atoms with Crippen LogP contribution in [0.1, 0.15) is 41.5 Å². The van der Waals surface area contributed by atoms with Crippen molar-refractivity contribution in [2.75, 3.05) is 0 Å². The maximum absolute atomic E-state index is 5.36. The molecule has 0 aliphatic heterocycles. The third-order valence-electron chi connectivity index (χ3n) is 2.89. The largest absolute Gasteiger partial charge is 0.0845 e. The number of benzene rings is 1. The Morgan fingerprint density at radius 3 is 2.20 bits per heavy atom. The average molecular weight is 201 g/mol. The highest BCUT2D eigenvalue weighted by molar-refractivity contribution is 5.37. The molecule has 0 fully saturated rings. The Balaban J connectivity index is 2.64. The molecule has 1 aromatic rings. The van der Waals surface area contributed by atoms with Crippen molar-refractivity contribution in [2.24, 2.45) is 0 Å². The second-order valence-corrected chi connectivity index (χ2v) is 4.36. The molecule has 1 rings (SSSR count). The minimum Gasteiger partial charge on any atom is -0.0845 e. The summed E-state index contributed by atoms with van der Waals surface area (Å²) in [5, 5.41) is 0. The fourth-order valence-corrected chi connectivity index (χ4v) is 2.17. The Morgan fingerprint density at radius 1 is 1.07 bits per heavy atom. The van der Waals surface area contributed by atoms with E-state index in [0.717, 1.165) is 6.42 Å². The summed E-state index contributed by atoms with van der Waals surface area (Å²) in [5.41, 5.74) is 5.76. The smallest absolute Gasteiger partial charge is 0.0274 e. The molecule has 15 heavy (non-hydrogen) atoms. The van der Waals surface area contributed by atoms with Crippen LogP contribution in [0.15, 0.2) is 18.2 Å².